The molecule has 12 heteroatoms. The van der Waals surface area contributed by atoms with E-state index in [9.17, 15) is 14.4 Å². The van der Waals surface area contributed by atoms with Gasteiger partial charge in [-0.3, -0.25) is 9.59 Å². The summed E-state index contributed by atoms with van der Waals surface area (Å²) in [5, 5.41) is 11.9. The number of aromatic amines is 1. The molecule has 0 radical (unpaired) electrons. The number of benzene rings is 1. The Morgan fingerprint density at radius 3 is 2.41 bits per heavy atom. The van der Waals surface area contributed by atoms with Crippen LogP contribution in [0.15, 0.2) is 42.9 Å². The zero-order valence-electron chi connectivity index (χ0n) is 27.7. The van der Waals surface area contributed by atoms with Gasteiger partial charge in [0.25, 0.3) is 0 Å². The summed E-state index contributed by atoms with van der Waals surface area (Å²) < 4.78 is 12.7. The summed E-state index contributed by atoms with van der Waals surface area (Å²) in [6.07, 6.45) is 10.1. The smallest absolute Gasteiger partial charge is 0.315 e. The van der Waals surface area contributed by atoms with E-state index in [4.69, 9.17) is 15.2 Å². The maximum absolute atomic E-state index is 14.1. The number of rotatable bonds is 14. The third kappa shape index (κ3) is 11.4. The molecule has 7 N–H and O–H groups in total. The van der Waals surface area contributed by atoms with E-state index in [-0.39, 0.29) is 42.7 Å². The Hall–Kier alpha value is -3.48. The van der Waals surface area contributed by atoms with Crippen LogP contribution in [0, 0.1) is 5.92 Å². The van der Waals surface area contributed by atoms with Crippen molar-refractivity contribution in [3.63, 3.8) is 0 Å². The monoisotopic (exact) mass is 639 g/mol. The Labute approximate surface area is 272 Å². The summed E-state index contributed by atoms with van der Waals surface area (Å²) in [6, 6.07) is 7.29. The number of nitrogens with two attached hydrogens (primary N) is 1. The fourth-order valence-corrected chi connectivity index (χ4v) is 6.47. The molecule has 1 aromatic carbocycles. The van der Waals surface area contributed by atoms with Crippen molar-refractivity contribution in [2.45, 2.75) is 128 Å². The molecule has 1 saturated heterocycles. The molecule has 0 unspecified atom stereocenters. The highest BCUT2D eigenvalue weighted by Crippen LogP contribution is 2.33. The van der Waals surface area contributed by atoms with Crippen molar-refractivity contribution in [1.29, 1.82) is 0 Å². The zero-order valence-corrected chi connectivity index (χ0v) is 27.7. The van der Waals surface area contributed by atoms with Gasteiger partial charge in [-0.15, -0.1) is 0 Å². The fourth-order valence-electron chi connectivity index (χ4n) is 6.47. The molecule has 1 aromatic heterocycles. The van der Waals surface area contributed by atoms with Crippen LogP contribution in [0.3, 0.4) is 0 Å². The molecule has 1 aliphatic carbocycles. The lowest BCUT2D eigenvalue weighted by molar-refractivity contribution is -0.302. The minimum absolute atomic E-state index is 0.0120. The number of hydrogen-bond acceptors (Lipinski definition) is 7. The minimum Gasteiger partial charge on any atom is -0.349 e. The average molecular weight is 640 g/mol. The van der Waals surface area contributed by atoms with Crippen LogP contribution in [-0.4, -0.2) is 76.5 Å². The number of imidazole rings is 1. The number of nitrogens with zero attached hydrogens (tertiary/aromatic N) is 1. The Kier molecular flexibility index (Phi) is 13.0. The van der Waals surface area contributed by atoms with E-state index in [1.54, 1.807) is 12.5 Å². The zero-order chi connectivity index (χ0) is 33.1. The molecule has 5 atom stereocenters. The number of ether oxygens (including phenoxy) is 2. The van der Waals surface area contributed by atoms with Crippen LogP contribution < -0.4 is 27.0 Å². The van der Waals surface area contributed by atoms with Gasteiger partial charge in [0, 0.05) is 37.3 Å². The first-order valence-corrected chi connectivity index (χ1v) is 16.7. The second-order valence-electron chi connectivity index (χ2n) is 13.5. The maximum atomic E-state index is 14.1. The van der Waals surface area contributed by atoms with Gasteiger partial charge in [0.05, 0.1) is 30.6 Å². The van der Waals surface area contributed by atoms with Crippen molar-refractivity contribution < 1.29 is 23.9 Å². The van der Waals surface area contributed by atoms with Gasteiger partial charge in [-0.05, 0) is 52.0 Å². The van der Waals surface area contributed by atoms with Crippen LogP contribution in [0.1, 0.15) is 83.9 Å². The topological polar surface area (TPSA) is 172 Å². The molecule has 4 amide bonds. The summed E-state index contributed by atoms with van der Waals surface area (Å²) in [5.41, 5.74) is 7.96. The normalized spacial score (nSPS) is 22.0. The van der Waals surface area contributed by atoms with Crippen molar-refractivity contribution in [2.24, 2.45) is 11.7 Å². The molecular formula is C34H53N7O5. The van der Waals surface area contributed by atoms with Gasteiger partial charge in [0.15, 0.2) is 5.79 Å². The molecule has 1 saturated carbocycles. The molecule has 254 valence electrons. The van der Waals surface area contributed by atoms with Gasteiger partial charge in [0.2, 0.25) is 11.8 Å². The van der Waals surface area contributed by atoms with E-state index in [1.165, 1.54) is 19.3 Å². The van der Waals surface area contributed by atoms with Crippen LogP contribution in [0.25, 0.3) is 0 Å². The molecule has 2 heterocycles. The van der Waals surface area contributed by atoms with Crippen molar-refractivity contribution in [3.8, 4) is 0 Å². The fraction of sp³-hybridized carbons (Fsp3) is 0.647. The summed E-state index contributed by atoms with van der Waals surface area (Å²) in [7, 11) is 0. The highest BCUT2D eigenvalue weighted by Gasteiger charge is 2.41. The lowest BCUT2D eigenvalue weighted by Gasteiger charge is -2.44. The van der Waals surface area contributed by atoms with E-state index in [1.807, 2.05) is 58.0 Å². The lowest BCUT2D eigenvalue weighted by atomic mass is 9.82. The van der Waals surface area contributed by atoms with Gasteiger partial charge >= 0.3 is 6.03 Å². The molecule has 1 aliphatic heterocycles. The molecule has 46 heavy (non-hydrogen) atoms. The molecule has 0 spiro atoms. The second-order valence-corrected chi connectivity index (χ2v) is 13.5. The maximum Gasteiger partial charge on any atom is 0.315 e. The highest BCUT2D eigenvalue weighted by molar-refractivity contribution is 5.90. The van der Waals surface area contributed by atoms with Crippen molar-refractivity contribution >= 4 is 17.8 Å². The van der Waals surface area contributed by atoms with E-state index < -0.39 is 23.8 Å². The third-order valence-electron chi connectivity index (χ3n) is 8.63. The average Bonchev–Trinajstić information content (AvgIpc) is 3.52. The Morgan fingerprint density at radius 2 is 1.74 bits per heavy atom. The van der Waals surface area contributed by atoms with Gasteiger partial charge in [0.1, 0.15) is 6.04 Å². The lowest BCUT2D eigenvalue weighted by Crippen LogP contribution is -2.59. The van der Waals surface area contributed by atoms with Crippen molar-refractivity contribution in [3.05, 3.63) is 54.1 Å². The Bertz CT molecular complexity index is 1230. The molecule has 4 rings (SSSR count). The van der Waals surface area contributed by atoms with Gasteiger partial charge in [-0.1, -0.05) is 62.4 Å². The first-order chi connectivity index (χ1) is 22.0. The first kappa shape index (κ1) is 35.4. The Morgan fingerprint density at radius 1 is 1.00 bits per heavy atom. The summed E-state index contributed by atoms with van der Waals surface area (Å²) in [4.78, 5) is 46.8. The molecule has 2 aliphatic rings. The van der Waals surface area contributed by atoms with Crippen LogP contribution in [0.5, 0.6) is 0 Å². The highest BCUT2D eigenvalue weighted by atomic mass is 16.7. The van der Waals surface area contributed by atoms with Crippen molar-refractivity contribution in [2.75, 3.05) is 6.54 Å². The number of amides is 4. The van der Waals surface area contributed by atoms with Gasteiger partial charge in [-0.2, -0.15) is 0 Å². The molecule has 12 nitrogen and oxygen atoms in total. The van der Waals surface area contributed by atoms with Gasteiger partial charge in [-0.25, -0.2) is 9.78 Å². The van der Waals surface area contributed by atoms with Gasteiger partial charge < -0.3 is 41.5 Å². The predicted molar refractivity (Wildman–Crippen MR) is 176 cm³/mol. The number of hydrogen-bond donors (Lipinski definition) is 6. The van der Waals surface area contributed by atoms with Crippen LogP contribution >= 0.6 is 0 Å². The number of nitrogens with one attached hydrogen (secondary N) is 5. The number of aromatic nitrogens is 2. The van der Waals surface area contributed by atoms with Crippen LogP contribution in [0.4, 0.5) is 4.79 Å². The largest absolute Gasteiger partial charge is 0.349 e. The van der Waals surface area contributed by atoms with E-state index >= 15 is 0 Å². The number of carbonyl (C=O) groups is 3. The third-order valence-corrected chi connectivity index (χ3v) is 8.63. The Balaban J connectivity index is 1.50. The first-order valence-electron chi connectivity index (χ1n) is 16.7. The summed E-state index contributed by atoms with van der Waals surface area (Å²) in [5.74, 6) is -1.19. The summed E-state index contributed by atoms with van der Waals surface area (Å²) in [6.45, 7) is 7.83. The van der Waals surface area contributed by atoms with E-state index in [2.05, 4.69) is 31.2 Å². The number of carbonyl (C=O) groups excluding carboxylic acids is 3. The van der Waals surface area contributed by atoms with E-state index in [0.29, 0.717) is 25.3 Å². The molecule has 0 bridgehead atoms. The predicted octanol–water partition coefficient (Wildman–Crippen LogP) is 3.08. The van der Waals surface area contributed by atoms with E-state index in [0.717, 1.165) is 30.5 Å². The van der Waals surface area contributed by atoms with Crippen LogP contribution in [0.2, 0.25) is 0 Å². The van der Waals surface area contributed by atoms with Crippen LogP contribution in [-0.2, 0) is 31.9 Å². The standard InChI is InChI=1S/C34H53N7O5/c1-22(2)39-33(44)37-20-26-18-30(46-34(3,4)45-26)28(16-24-13-9-6-10-14-24)40-32(43)29(17-25-19-36-21-38-25)41-31(42)27(35)15-23-11-7-5-8-12-23/h5,7-8,11-12,19,21-22,24,26-30H,6,9-10,13-18,20,35H2,1-4H3,(H,36,38)(H,40,43)(H,41,42)(H2,37,39,44)/t26-,27+,28+,29+,30+/m1/s1. The molecular weight excluding hydrogens is 586 g/mol. The summed E-state index contributed by atoms with van der Waals surface area (Å²) >= 11 is 0. The minimum atomic E-state index is -0.924. The second kappa shape index (κ2) is 16.9. The number of urea groups is 1. The SMILES string of the molecule is CC(C)NC(=O)NC[C@H]1C[C@@H]([C@H](CC2CCCCC2)NC(=O)[C@H](Cc2cnc[nH]2)NC(=O)[C@@H](N)Cc2ccccc2)OC(C)(C)O1. The number of H-pyrrole nitrogens is 1. The van der Waals surface area contributed by atoms with Crippen molar-refractivity contribution in [1.82, 2.24) is 31.2 Å². The quantitative estimate of drug-likeness (QED) is 0.184. The molecule has 2 fully saturated rings. The molecule has 2 aromatic rings.